The molecule has 1 aromatic carbocycles. The van der Waals surface area contributed by atoms with Crippen molar-refractivity contribution in [3.05, 3.63) is 23.8 Å². The van der Waals surface area contributed by atoms with Gasteiger partial charge in [0.2, 0.25) is 0 Å². The molecule has 0 amide bonds. The number of aliphatic hydroxyl groups is 1. The van der Waals surface area contributed by atoms with E-state index in [0.717, 1.165) is 29.9 Å². The number of hydrogen-bond donors (Lipinski definition) is 3. The lowest BCUT2D eigenvalue weighted by Crippen LogP contribution is -2.03. The maximum absolute atomic E-state index is 8.91. The van der Waals surface area contributed by atoms with E-state index in [1.54, 1.807) is 0 Å². The minimum atomic E-state index is 0.0566. The first-order valence-corrected chi connectivity index (χ1v) is 4.51. The monoisotopic (exact) mass is 180 g/mol. The number of nitrogen functional groups attached to an aromatic ring is 1. The van der Waals surface area contributed by atoms with Crippen molar-refractivity contribution in [3.8, 4) is 0 Å². The maximum Gasteiger partial charge on any atom is 0.0682 e. The lowest BCUT2D eigenvalue weighted by atomic mass is 10.2. The number of hydrogen-bond acceptors (Lipinski definition) is 3. The fourth-order valence-electron chi connectivity index (χ4n) is 1.11. The predicted molar refractivity (Wildman–Crippen MR) is 55.6 cm³/mol. The topological polar surface area (TPSA) is 58.3 Å². The number of anilines is 2. The number of rotatable bonds is 4. The molecule has 0 fully saturated rings. The highest BCUT2D eigenvalue weighted by molar-refractivity contribution is 5.66. The average molecular weight is 180 g/mol. The van der Waals surface area contributed by atoms with Gasteiger partial charge in [-0.2, -0.15) is 0 Å². The maximum atomic E-state index is 8.91. The third-order valence-corrected chi connectivity index (χ3v) is 1.87. The summed E-state index contributed by atoms with van der Waals surface area (Å²) in [6.45, 7) is 3.05. The summed E-state index contributed by atoms with van der Waals surface area (Å²) in [6, 6.07) is 5.51. The number of nitrogens with one attached hydrogen (secondary N) is 1. The molecule has 0 spiro atoms. The molecule has 13 heavy (non-hydrogen) atoms. The van der Waals surface area contributed by atoms with Crippen molar-refractivity contribution < 1.29 is 5.11 Å². The minimum absolute atomic E-state index is 0.0566. The van der Waals surface area contributed by atoms with Gasteiger partial charge in [-0.05, 0) is 24.1 Å². The molecule has 72 valence electrons. The van der Waals surface area contributed by atoms with Crippen LogP contribution in [0.3, 0.4) is 0 Å². The number of aliphatic hydroxyl groups excluding tert-OH is 1. The van der Waals surface area contributed by atoms with Crippen LogP contribution >= 0.6 is 0 Å². The molecule has 0 bridgehead atoms. The van der Waals surface area contributed by atoms with Crippen LogP contribution in [-0.4, -0.2) is 11.7 Å². The summed E-state index contributed by atoms with van der Waals surface area (Å²) in [7, 11) is 0. The Kier molecular flexibility index (Phi) is 3.58. The molecular formula is C10H16N2O. The van der Waals surface area contributed by atoms with E-state index in [0.29, 0.717) is 0 Å². The number of nitrogens with two attached hydrogens (primary N) is 1. The Labute approximate surface area is 78.6 Å². The quantitative estimate of drug-likeness (QED) is 0.617. The highest BCUT2D eigenvalue weighted by Gasteiger charge is 1.98. The molecule has 0 aliphatic rings. The van der Waals surface area contributed by atoms with E-state index in [1.807, 2.05) is 18.2 Å². The van der Waals surface area contributed by atoms with Gasteiger partial charge >= 0.3 is 0 Å². The molecule has 3 heteroatoms. The average Bonchev–Trinajstić information content (AvgIpc) is 2.17. The zero-order valence-corrected chi connectivity index (χ0v) is 7.88. The van der Waals surface area contributed by atoms with Crippen LogP contribution in [0.15, 0.2) is 18.2 Å². The summed E-state index contributed by atoms with van der Waals surface area (Å²) in [4.78, 5) is 0. The van der Waals surface area contributed by atoms with Crippen LogP contribution in [0.2, 0.25) is 0 Å². The number of benzene rings is 1. The van der Waals surface area contributed by atoms with Gasteiger partial charge in [-0.25, -0.2) is 0 Å². The summed E-state index contributed by atoms with van der Waals surface area (Å²) in [5, 5.41) is 12.1. The van der Waals surface area contributed by atoms with Crippen LogP contribution in [0.4, 0.5) is 11.4 Å². The van der Waals surface area contributed by atoms with Gasteiger partial charge in [-0.1, -0.05) is 13.0 Å². The summed E-state index contributed by atoms with van der Waals surface area (Å²) in [5.41, 5.74) is 8.26. The van der Waals surface area contributed by atoms with Crippen LogP contribution < -0.4 is 11.1 Å². The lowest BCUT2D eigenvalue weighted by molar-refractivity contribution is 0.282. The second-order valence-corrected chi connectivity index (χ2v) is 3.01. The molecule has 1 aromatic rings. The van der Waals surface area contributed by atoms with Crippen molar-refractivity contribution in [2.75, 3.05) is 17.6 Å². The molecule has 0 atom stereocenters. The Hall–Kier alpha value is -1.22. The standard InChI is InChI=1S/C10H16N2O/c1-2-5-12-10-6-8(7-13)3-4-9(10)11/h3-4,6,12-13H,2,5,7,11H2,1H3. The lowest BCUT2D eigenvalue weighted by Gasteiger charge is -2.09. The highest BCUT2D eigenvalue weighted by atomic mass is 16.3. The van der Waals surface area contributed by atoms with Crippen LogP contribution in [0.25, 0.3) is 0 Å². The van der Waals surface area contributed by atoms with Gasteiger partial charge in [-0.3, -0.25) is 0 Å². The van der Waals surface area contributed by atoms with Crippen molar-refractivity contribution >= 4 is 11.4 Å². The molecule has 0 saturated heterocycles. The van der Waals surface area contributed by atoms with E-state index >= 15 is 0 Å². The molecule has 0 aliphatic heterocycles. The van der Waals surface area contributed by atoms with Crippen molar-refractivity contribution in [1.82, 2.24) is 0 Å². The Morgan fingerprint density at radius 1 is 1.46 bits per heavy atom. The molecule has 0 aliphatic carbocycles. The van der Waals surface area contributed by atoms with Gasteiger partial charge in [0.15, 0.2) is 0 Å². The summed E-state index contributed by atoms with van der Waals surface area (Å²) >= 11 is 0. The van der Waals surface area contributed by atoms with Gasteiger partial charge in [0, 0.05) is 6.54 Å². The Morgan fingerprint density at radius 3 is 2.85 bits per heavy atom. The molecule has 0 radical (unpaired) electrons. The predicted octanol–water partition coefficient (Wildman–Crippen LogP) is 1.58. The molecule has 0 unspecified atom stereocenters. The second-order valence-electron chi connectivity index (χ2n) is 3.01. The molecule has 1 rings (SSSR count). The molecule has 0 saturated carbocycles. The third kappa shape index (κ3) is 2.63. The smallest absolute Gasteiger partial charge is 0.0682 e. The van der Waals surface area contributed by atoms with Crippen molar-refractivity contribution in [3.63, 3.8) is 0 Å². The van der Waals surface area contributed by atoms with Gasteiger partial charge in [0.25, 0.3) is 0 Å². The summed E-state index contributed by atoms with van der Waals surface area (Å²) in [6.07, 6.45) is 1.06. The largest absolute Gasteiger partial charge is 0.397 e. The molecule has 3 nitrogen and oxygen atoms in total. The summed E-state index contributed by atoms with van der Waals surface area (Å²) < 4.78 is 0. The van der Waals surface area contributed by atoms with Gasteiger partial charge < -0.3 is 16.2 Å². The summed E-state index contributed by atoms with van der Waals surface area (Å²) in [5.74, 6) is 0. The van der Waals surface area contributed by atoms with E-state index in [-0.39, 0.29) is 6.61 Å². The van der Waals surface area contributed by atoms with Crippen molar-refractivity contribution in [2.24, 2.45) is 0 Å². The van der Waals surface area contributed by atoms with E-state index in [9.17, 15) is 0 Å². The first kappa shape index (κ1) is 9.86. The van der Waals surface area contributed by atoms with Gasteiger partial charge in [0.1, 0.15) is 0 Å². The van der Waals surface area contributed by atoms with Crippen LogP contribution in [-0.2, 0) is 6.61 Å². The second kappa shape index (κ2) is 4.72. The van der Waals surface area contributed by atoms with Gasteiger partial charge in [0.05, 0.1) is 18.0 Å². The highest BCUT2D eigenvalue weighted by Crippen LogP contribution is 2.19. The third-order valence-electron chi connectivity index (χ3n) is 1.87. The van der Waals surface area contributed by atoms with E-state index in [1.165, 1.54) is 0 Å². The zero-order chi connectivity index (χ0) is 9.68. The van der Waals surface area contributed by atoms with Gasteiger partial charge in [-0.15, -0.1) is 0 Å². The van der Waals surface area contributed by atoms with E-state index < -0.39 is 0 Å². The molecular weight excluding hydrogens is 164 g/mol. The van der Waals surface area contributed by atoms with Crippen molar-refractivity contribution in [2.45, 2.75) is 20.0 Å². The van der Waals surface area contributed by atoms with Crippen LogP contribution in [0.1, 0.15) is 18.9 Å². The first-order valence-electron chi connectivity index (χ1n) is 4.51. The van der Waals surface area contributed by atoms with E-state index in [2.05, 4.69) is 12.2 Å². The minimum Gasteiger partial charge on any atom is -0.397 e. The normalized spacial score (nSPS) is 10.0. The fourth-order valence-corrected chi connectivity index (χ4v) is 1.11. The Morgan fingerprint density at radius 2 is 2.23 bits per heavy atom. The first-order chi connectivity index (χ1) is 6.27. The fraction of sp³-hybridized carbons (Fsp3) is 0.400. The van der Waals surface area contributed by atoms with Crippen LogP contribution in [0, 0.1) is 0 Å². The SMILES string of the molecule is CCCNc1cc(CO)ccc1N. The van der Waals surface area contributed by atoms with E-state index in [4.69, 9.17) is 10.8 Å². The molecule has 0 aromatic heterocycles. The Bertz CT molecular complexity index is 274. The molecule has 4 N–H and O–H groups in total. The zero-order valence-electron chi connectivity index (χ0n) is 7.88. The Balaban J connectivity index is 2.78. The molecule has 0 heterocycles. The van der Waals surface area contributed by atoms with Crippen LogP contribution in [0.5, 0.6) is 0 Å². The van der Waals surface area contributed by atoms with Crippen molar-refractivity contribution in [1.29, 1.82) is 0 Å².